The number of benzene rings is 5. The van der Waals surface area contributed by atoms with Gasteiger partial charge in [0.2, 0.25) is 0 Å². The first kappa shape index (κ1) is 24.3. The fourth-order valence-electron chi connectivity index (χ4n) is 6.13. The van der Waals surface area contributed by atoms with Gasteiger partial charge in [0, 0.05) is 51.6 Å². The lowest BCUT2D eigenvalue weighted by atomic mass is 9.99. The summed E-state index contributed by atoms with van der Waals surface area (Å²) in [6, 6.07) is 45.7. The third kappa shape index (κ3) is 3.98. The Morgan fingerprint density at radius 3 is 2.02 bits per heavy atom. The van der Waals surface area contributed by atoms with Gasteiger partial charge in [-0.3, -0.25) is 9.97 Å². The normalized spacial score (nSPS) is 11.5. The van der Waals surface area contributed by atoms with Gasteiger partial charge in [-0.25, -0.2) is 0 Å². The number of aromatic nitrogens is 3. The molecule has 0 N–H and O–H groups in total. The Balaban J connectivity index is 1.33. The molecule has 3 heterocycles. The van der Waals surface area contributed by atoms with Gasteiger partial charge < -0.3 is 4.57 Å². The van der Waals surface area contributed by atoms with Crippen molar-refractivity contribution >= 4 is 32.6 Å². The second-order valence-corrected chi connectivity index (χ2v) is 10.8. The summed E-state index contributed by atoms with van der Waals surface area (Å²) >= 11 is 0. The first-order valence-electron chi connectivity index (χ1n) is 14.2. The van der Waals surface area contributed by atoms with Crippen molar-refractivity contribution in [1.29, 1.82) is 0 Å². The van der Waals surface area contributed by atoms with Crippen LogP contribution < -0.4 is 0 Å². The Bertz CT molecular complexity index is 2230. The Morgan fingerprint density at radius 2 is 1.26 bits per heavy atom. The molecule has 0 aliphatic rings. The van der Waals surface area contributed by atoms with E-state index in [2.05, 4.69) is 138 Å². The van der Waals surface area contributed by atoms with E-state index in [1.165, 1.54) is 49.3 Å². The average Bonchev–Trinajstić information content (AvgIpc) is 3.40. The van der Waals surface area contributed by atoms with E-state index in [4.69, 9.17) is 4.98 Å². The van der Waals surface area contributed by atoms with Gasteiger partial charge >= 0.3 is 0 Å². The summed E-state index contributed by atoms with van der Waals surface area (Å²) in [6.45, 7) is 2.09. The van der Waals surface area contributed by atoms with E-state index in [0.29, 0.717) is 0 Å². The van der Waals surface area contributed by atoms with Crippen LogP contribution in [0.15, 0.2) is 146 Å². The lowest BCUT2D eigenvalue weighted by Crippen LogP contribution is -1.94. The summed E-state index contributed by atoms with van der Waals surface area (Å²) in [7, 11) is 0. The van der Waals surface area contributed by atoms with Gasteiger partial charge in [-0.15, -0.1) is 0 Å². The van der Waals surface area contributed by atoms with E-state index < -0.39 is 0 Å². The van der Waals surface area contributed by atoms with Gasteiger partial charge in [-0.1, -0.05) is 91.0 Å². The Hall–Kier alpha value is -5.54. The molecule has 5 aromatic carbocycles. The van der Waals surface area contributed by atoms with Crippen molar-refractivity contribution in [2.45, 2.75) is 6.92 Å². The van der Waals surface area contributed by atoms with Crippen LogP contribution in [0.25, 0.3) is 71.8 Å². The molecule has 3 heteroatoms. The number of nitrogens with zero attached hydrogens (tertiary/aromatic N) is 3. The summed E-state index contributed by atoms with van der Waals surface area (Å²) in [5, 5.41) is 4.96. The van der Waals surface area contributed by atoms with Crippen LogP contribution in [0.5, 0.6) is 0 Å². The molecule has 0 spiro atoms. The van der Waals surface area contributed by atoms with Gasteiger partial charge in [0.1, 0.15) is 0 Å². The van der Waals surface area contributed by atoms with Gasteiger partial charge in [0.25, 0.3) is 0 Å². The minimum Gasteiger partial charge on any atom is -0.309 e. The van der Waals surface area contributed by atoms with E-state index in [0.717, 1.165) is 28.1 Å². The molecular weight excluding hydrogens is 510 g/mol. The molecule has 0 saturated carbocycles. The van der Waals surface area contributed by atoms with Crippen LogP contribution in [0, 0.1) is 6.92 Å². The van der Waals surface area contributed by atoms with E-state index in [1.54, 1.807) is 0 Å². The molecule has 0 amide bonds. The number of rotatable bonds is 4. The molecule has 3 nitrogen and oxygen atoms in total. The van der Waals surface area contributed by atoms with E-state index >= 15 is 0 Å². The summed E-state index contributed by atoms with van der Waals surface area (Å²) in [5.41, 5.74) is 11.4. The maximum absolute atomic E-state index is 4.82. The fourth-order valence-corrected chi connectivity index (χ4v) is 6.13. The lowest BCUT2D eigenvalue weighted by molar-refractivity contribution is 1.19. The molecule has 0 fully saturated rings. The van der Waals surface area contributed by atoms with Crippen LogP contribution in [0.1, 0.15) is 5.56 Å². The smallest absolute Gasteiger partial charge is 0.0720 e. The summed E-state index contributed by atoms with van der Waals surface area (Å²) in [6.07, 6.45) is 5.67. The number of pyridine rings is 2. The molecule has 8 rings (SSSR count). The van der Waals surface area contributed by atoms with E-state index in [9.17, 15) is 0 Å². The highest BCUT2D eigenvalue weighted by atomic mass is 15.0. The molecule has 0 radical (unpaired) electrons. The zero-order valence-electron chi connectivity index (χ0n) is 23.2. The van der Waals surface area contributed by atoms with Crippen molar-refractivity contribution in [2.24, 2.45) is 0 Å². The second-order valence-electron chi connectivity index (χ2n) is 10.8. The SMILES string of the molecule is Cc1ccncc1-c1ccc(-c2ccc3c4ccc5cc(-c6ccccc6)ccc5c4n(-c4ccccc4)c3c2)cn1. The van der Waals surface area contributed by atoms with Crippen LogP contribution in [-0.4, -0.2) is 14.5 Å². The molecule has 0 aliphatic carbocycles. The third-order valence-corrected chi connectivity index (χ3v) is 8.28. The second kappa shape index (κ2) is 9.83. The largest absolute Gasteiger partial charge is 0.309 e. The fraction of sp³-hybridized carbons (Fsp3) is 0.0256. The number of aryl methyl sites for hydroxylation is 1. The number of hydrogen-bond donors (Lipinski definition) is 0. The minimum atomic E-state index is 0.935. The Morgan fingerprint density at radius 1 is 0.548 bits per heavy atom. The molecule has 0 unspecified atom stereocenters. The molecular formula is C39H27N3. The van der Waals surface area contributed by atoms with Crippen LogP contribution in [0.2, 0.25) is 0 Å². The standard InChI is InChI=1S/C39H27N3/c1-26-20-21-40-25-36(26)37-19-15-31(24-41-37)29-13-17-34-35-18-14-30-22-28(27-8-4-2-5-9-27)12-16-33(30)39(35)42(38(34)23-29)32-10-6-3-7-11-32/h2-25H,1H3. The summed E-state index contributed by atoms with van der Waals surface area (Å²) in [5.74, 6) is 0. The van der Waals surface area contributed by atoms with Crippen LogP contribution in [0.4, 0.5) is 0 Å². The molecule has 0 aliphatic heterocycles. The van der Waals surface area contributed by atoms with Crippen molar-refractivity contribution in [3.63, 3.8) is 0 Å². The highest BCUT2D eigenvalue weighted by Gasteiger charge is 2.16. The van der Waals surface area contributed by atoms with Crippen molar-refractivity contribution in [1.82, 2.24) is 14.5 Å². The zero-order chi connectivity index (χ0) is 28.0. The maximum atomic E-state index is 4.82. The third-order valence-electron chi connectivity index (χ3n) is 8.28. The monoisotopic (exact) mass is 537 g/mol. The first-order valence-corrected chi connectivity index (χ1v) is 14.2. The summed E-state index contributed by atoms with van der Waals surface area (Å²) < 4.78 is 2.42. The molecule has 0 atom stereocenters. The van der Waals surface area contributed by atoms with Gasteiger partial charge in [-0.05, 0) is 71.0 Å². The van der Waals surface area contributed by atoms with E-state index in [-0.39, 0.29) is 0 Å². The maximum Gasteiger partial charge on any atom is 0.0720 e. The predicted octanol–water partition coefficient (Wildman–Crippen LogP) is 10.0. The number of hydrogen-bond acceptors (Lipinski definition) is 2. The van der Waals surface area contributed by atoms with Crippen molar-refractivity contribution in [2.75, 3.05) is 0 Å². The molecule has 0 bridgehead atoms. The number of para-hydroxylation sites is 1. The highest BCUT2D eigenvalue weighted by Crippen LogP contribution is 2.39. The van der Waals surface area contributed by atoms with Gasteiger partial charge in [0.05, 0.1) is 16.7 Å². The molecule has 0 saturated heterocycles. The van der Waals surface area contributed by atoms with Gasteiger partial charge in [0.15, 0.2) is 0 Å². The Labute approximate surface area is 244 Å². The highest BCUT2D eigenvalue weighted by molar-refractivity contribution is 6.19. The molecule has 42 heavy (non-hydrogen) atoms. The van der Waals surface area contributed by atoms with Crippen molar-refractivity contribution < 1.29 is 0 Å². The quantitative estimate of drug-likeness (QED) is 0.224. The molecule has 8 aromatic rings. The molecule has 198 valence electrons. The predicted molar refractivity (Wildman–Crippen MR) is 175 cm³/mol. The lowest BCUT2D eigenvalue weighted by Gasteiger charge is -2.11. The topological polar surface area (TPSA) is 30.7 Å². The van der Waals surface area contributed by atoms with E-state index in [1.807, 2.05) is 24.7 Å². The van der Waals surface area contributed by atoms with Gasteiger partial charge in [-0.2, -0.15) is 0 Å². The number of fused-ring (bicyclic) bond motifs is 5. The first-order chi connectivity index (χ1) is 20.7. The van der Waals surface area contributed by atoms with Crippen LogP contribution in [0.3, 0.4) is 0 Å². The van der Waals surface area contributed by atoms with Crippen molar-refractivity contribution in [3.8, 4) is 39.2 Å². The van der Waals surface area contributed by atoms with Crippen LogP contribution >= 0.6 is 0 Å². The van der Waals surface area contributed by atoms with Crippen molar-refractivity contribution in [3.05, 3.63) is 152 Å². The Kier molecular flexibility index (Phi) is 5.68. The zero-order valence-corrected chi connectivity index (χ0v) is 23.2. The minimum absolute atomic E-state index is 0.935. The average molecular weight is 538 g/mol. The summed E-state index contributed by atoms with van der Waals surface area (Å²) in [4.78, 5) is 9.11. The molecule has 3 aromatic heterocycles. The van der Waals surface area contributed by atoms with Crippen LogP contribution in [-0.2, 0) is 0 Å².